The van der Waals surface area contributed by atoms with Crippen molar-refractivity contribution in [2.24, 2.45) is 0 Å². The van der Waals surface area contributed by atoms with E-state index in [0.717, 1.165) is 48.6 Å². The highest BCUT2D eigenvalue weighted by Gasteiger charge is 2.26. The van der Waals surface area contributed by atoms with Crippen molar-refractivity contribution >= 4 is 26.8 Å². The Bertz CT molecular complexity index is 1180. The zero-order valence-corrected chi connectivity index (χ0v) is 21.9. The molecule has 0 aliphatic rings. The highest BCUT2D eigenvalue weighted by Crippen LogP contribution is 2.19. The molecule has 7 nitrogen and oxygen atoms in total. The van der Waals surface area contributed by atoms with Crippen LogP contribution in [0.25, 0.3) is 10.9 Å². The predicted octanol–water partition coefficient (Wildman–Crippen LogP) is 4.43. The fourth-order valence-corrected chi connectivity index (χ4v) is 5.83. The van der Waals surface area contributed by atoms with Crippen LogP contribution in [0.15, 0.2) is 60.8 Å². The summed E-state index contributed by atoms with van der Waals surface area (Å²) < 4.78 is 28.4. The Morgan fingerprint density at radius 2 is 1.67 bits per heavy atom. The Morgan fingerprint density at radius 3 is 2.42 bits per heavy atom. The minimum atomic E-state index is -3.73. The lowest BCUT2D eigenvalue weighted by molar-refractivity contribution is -0.123. The van der Waals surface area contributed by atoms with Crippen molar-refractivity contribution in [3.05, 3.63) is 71.9 Å². The van der Waals surface area contributed by atoms with Gasteiger partial charge in [0.1, 0.15) is 6.04 Å². The van der Waals surface area contributed by atoms with Crippen LogP contribution in [-0.4, -0.2) is 43.1 Å². The van der Waals surface area contributed by atoms with E-state index in [9.17, 15) is 18.3 Å². The number of benzene rings is 2. The number of carbonyl (C=O) groups is 1. The van der Waals surface area contributed by atoms with Gasteiger partial charge in [-0.25, -0.2) is 13.1 Å². The fraction of sp³-hybridized carbons (Fsp3) is 0.464. The van der Waals surface area contributed by atoms with Gasteiger partial charge in [-0.15, -0.1) is 0 Å². The zero-order valence-electron chi connectivity index (χ0n) is 21.1. The molecule has 1 unspecified atom stereocenters. The van der Waals surface area contributed by atoms with E-state index >= 15 is 0 Å². The van der Waals surface area contributed by atoms with E-state index in [1.807, 2.05) is 36.5 Å². The monoisotopic (exact) mass is 513 g/mol. The van der Waals surface area contributed by atoms with Gasteiger partial charge in [0.15, 0.2) is 0 Å². The lowest BCUT2D eigenvalue weighted by Crippen LogP contribution is -2.51. The molecular formula is C28H39N3O4S. The number of para-hydroxylation sites is 1. The number of hydrogen-bond donors (Lipinski definition) is 4. The third-order valence-electron chi connectivity index (χ3n) is 6.39. The van der Waals surface area contributed by atoms with Gasteiger partial charge in [0, 0.05) is 17.1 Å². The topological polar surface area (TPSA) is 111 Å². The number of H-pyrrole nitrogens is 1. The summed E-state index contributed by atoms with van der Waals surface area (Å²) in [6.45, 7) is 1.92. The lowest BCUT2D eigenvalue weighted by Gasteiger charge is -2.22. The van der Waals surface area contributed by atoms with E-state index in [1.165, 1.54) is 6.42 Å². The fourth-order valence-electron chi connectivity index (χ4n) is 4.45. The summed E-state index contributed by atoms with van der Waals surface area (Å²) in [5.74, 6) is -0.591. The highest BCUT2D eigenvalue weighted by molar-refractivity contribution is 7.88. The second-order valence-corrected chi connectivity index (χ2v) is 11.2. The molecule has 4 N–H and O–H groups in total. The van der Waals surface area contributed by atoms with Crippen LogP contribution >= 0.6 is 0 Å². The quantitative estimate of drug-likeness (QED) is 0.212. The highest BCUT2D eigenvalue weighted by atomic mass is 32.2. The number of aromatic amines is 1. The number of carbonyl (C=O) groups excluding carboxylic acids is 1. The molecule has 196 valence electrons. The summed E-state index contributed by atoms with van der Waals surface area (Å²) >= 11 is 0. The minimum Gasteiger partial charge on any atom is -0.394 e. The molecule has 0 bridgehead atoms. The van der Waals surface area contributed by atoms with Crippen molar-refractivity contribution in [1.29, 1.82) is 0 Å². The number of rotatable bonds is 16. The SMILES string of the molecule is CCCCCCCCC(NS(=O)(=O)Cc1ccccc1)C(=O)N[C@H](CO)Cc1c[nH]c2ccccc12. The molecule has 2 aromatic carbocycles. The molecule has 0 fully saturated rings. The molecule has 36 heavy (non-hydrogen) atoms. The number of unbranched alkanes of at least 4 members (excludes halogenated alkanes) is 5. The second-order valence-electron chi connectivity index (χ2n) is 9.42. The first-order chi connectivity index (χ1) is 17.4. The van der Waals surface area contributed by atoms with Gasteiger partial charge in [-0.2, -0.15) is 0 Å². The van der Waals surface area contributed by atoms with Gasteiger partial charge in [-0.3, -0.25) is 4.79 Å². The maximum atomic E-state index is 13.2. The molecule has 0 spiro atoms. The first kappa shape index (κ1) is 27.9. The maximum Gasteiger partial charge on any atom is 0.238 e. The third kappa shape index (κ3) is 8.76. The van der Waals surface area contributed by atoms with Gasteiger partial charge in [0.2, 0.25) is 15.9 Å². The van der Waals surface area contributed by atoms with Crippen molar-refractivity contribution in [1.82, 2.24) is 15.0 Å². The summed E-state index contributed by atoms with van der Waals surface area (Å²) in [7, 11) is -3.73. The largest absolute Gasteiger partial charge is 0.394 e. The van der Waals surface area contributed by atoms with Crippen molar-refractivity contribution in [3.8, 4) is 0 Å². The van der Waals surface area contributed by atoms with Crippen molar-refractivity contribution < 1.29 is 18.3 Å². The Kier molecular flexibility index (Phi) is 11.0. The molecule has 1 heterocycles. The first-order valence-electron chi connectivity index (χ1n) is 12.9. The van der Waals surface area contributed by atoms with Crippen LogP contribution in [-0.2, 0) is 27.0 Å². The molecule has 1 amide bonds. The Hall–Kier alpha value is -2.68. The number of aliphatic hydroxyl groups excluding tert-OH is 1. The molecule has 0 saturated carbocycles. The summed E-state index contributed by atoms with van der Waals surface area (Å²) in [4.78, 5) is 16.5. The number of aliphatic hydroxyl groups is 1. The second kappa shape index (κ2) is 14.2. The Balaban J connectivity index is 1.66. The van der Waals surface area contributed by atoms with Crippen LogP contribution in [0.1, 0.15) is 63.0 Å². The molecule has 1 aromatic heterocycles. The normalized spacial score (nSPS) is 13.5. The Labute approximate surface area is 214 Å². The lowest BCUT2D eigenvalue weighted by atomic mass is 10.0. The summed E-state index contributed by atoms with van der Waals surface area (Å²) in [6, 6.07) is 15.4. The van der Waals surface area contributed by atoms with E-state index in [4.69, 9.17) is 0 Å². The molecule has 0 aliphatic carbocycles. The molecule has 2 atom stereocenters. The van der Waals surface area contributed by atoms with Crippen LogP contribution in [0, 0.1) is 0 Å². The number of aromatic nitrogens is 1. The number of hydrogen-bond acceptors (Lipinski definition) is 4. The van der Waals surface area contributed by atoms with Crippen molar-refractivity contribution in [2.45, 2.75) is 76.1 Å². The van der Waals surface area contributed by atoms with E-state index in [1.54, 1.807) is 24.3 Å². The maximum absolute atomic E-state index is 13.2. The average molecular weight is 514 g/mol. The van der Waals surface area contributed by atoms with E-state index in [-0.39, 0.29) is 12.4 Å². The molecule has 0 saturated heterocycles. The van der Waals surface area contributed by atoms with Crippen LogP contribution in [0.2, 0.25) is 0 Å². The van der Waals surface area contributed by atoms with Crippen LogP contribution < -0.4 is 10.0 Å². The average Bonchev–Trinajstić information content (AvgIpc) is 3.28. The molecule has 0 aliphatic heterocycles. The van der Waals surface area contributed by atoms with Crippen molar-refractivity contribution in [2.75, 3.05) is 6.61 Å². The standard InChI is InChI=1S/C28H39N3O4S/c1-2-3-4-5-6-10-17-27(31-36(34,35)21-22-13-8-7-9-14-22)28(33)30-24(20-32)18-23-19-29-26-16-12-11-15-25(23)26/h7-9,11-16,19,24,27,29,31-32H,2-6,10,17-18,20-21H2,1H3,(H,30,33)/t24-,27?/m0/s1. The van der Waals surface area contributed by atoms with Gasteiger partial charge in [-0.1, -0.05) is 94.0 Å². The van der Waals surface area contributed by atoms with Gasteiger partial charge < -0.3 is 15.4 Å². The van der Waals surface area contributed by atoms with Crippen LogP contribution in [0.5, 0.6) is 0 Å². The van der Waals surface area contributed by atoms with Gasteiger partial charge in [0.05, 0.1) is 18.4 Å². The number of sulfonamides is 1. The third-order valence-corrected chi connectivity index (χ3v) is 7.75. The summed E-state index contributed by atoms with van der Waals surface area (Å²) in [5.41, 5.74) is 2.64. The van der Waals surface area contributed by atoms with Crippen molar-refractivity contribution in [3.63, 3.8) is 0 Å². The van der Waals surface area contributed by atoms with Gasteiger partial charge in [-0.05, 0) is 30.0 Å². The zero-order chi connectivity index (χ0) is 25.8. The molecule has 3 rings (SSSR count). The number of amides is 1. The molecule has 0 radical (unpaired) electrons. The first-order valence-corrected chi connectivity index (χ1v) is 14.6. The number of nitrogens with one attached hydrogen (secondary N) is 3. The molecular weight excluding hydrogens is 474 g/mol. The number of fused-ring (bicyclic) bond motifs is 1. The Morgan fingerprint density at radius 1 is 0.972 bits per heavy atom. The van der Waals surface area contributed by atoms with E-state index in [2.05, 4.69) is 21.9 Å². The van der Waals surface area contributed by atoms with E-state index < -0.39 is 28.0 Å². The molecule has 8 heteroatoms. The predicted molar refractivity (Wildman–Crippen MR) is 145 cm³/mol. The minimum absolute atomic E-state index is 0.188. The van der Waals surface area contributed by atoms with Gasteiger partial charge >= 0.3 is 0 Å². The van der Waals surface area contributed by atoms with Crippen LogP contribution in [0.4, 0.5) is 0 Å². The summed E-state index contributed by atoms with van der Waals surface area (Å²) in [5, 5.41) is 13.9. The van der Waals surface area contributed by atoms with E-state index in [0.29, 0.717) is 18.4 Å². The molecule has 3 aromatic rings. The van der Waals surface area contributed by atoms with Gasteiger partial charge in [0.25, 0.3) is 0 Å². The summed E-state index contributed by atoms with van der Waals surface area (Å²) in [6.07, 6.45) is 8.98. The van der Waals surface area contributed by atoms with Crippen LogP contribution in [0.3, 0.4) is 0 Å². The smallest absolute Gasteiger partial charge is 0.238 e.